The number of nitrogens with two attached hydrogens (primary N) is 1. The Morgan fingerprint density at radius 3 is 2.92 bits per heavy atom. The largest absolute Gasteiger partial charge is 0.337 e. The zero-order valence-corrected chi connectivity index (χ0v) is 6.58. The van der Waals surface area contributed by atoms with E-state index in [1.165, 1.54) is 10.7 Å². The maximum absolute atomic E-state index is 13.0. The highest BCUT2D eigenvalue weighted by Crippen LogP contribution is 2.15. The van der Waals surface area contributed by atoms with E-state index in [1.54, 1.807) is 19.1 Å². The average molecular weight is 165 g/mol. The SMILES string of the molecule is Cc1nc2c(F)cccc2n1N. The molecule has 62 valence electrons. The van der Waals surface area contributed by atoms with Crippen molar-refractivity contribution in [1.82, 2.24) is 9.66 Å². The van der Waals surface area contributed by atoms with E-state index in [4.69, 9.17) is 5.84 Å². The normalized spacial score (nSPS) is 10.8. The van der Waals surface area contributed by atoms with Crippen LogP contribution in [0.3, 0.4) is 0 Å². The fraction of sp³-hybridized carbons (Fsp3) is 0.125. The third-order valence-electron chi connectivity index (χ3n) is 1.85. The number of hydrogen-bond acceptors (Lipinski definition) is 2. The van der Waals surface area contributed by atoms with Crippen LogP contribution in [-0.2, 0) is 0 Å². The number of hydrogen-bond donors (Lipinski definition) is 1. The van der Waals surface area contributed by atoms with Gasteiger partial charge < -0.3 is 5.84 Å². The molecule has 3 nitrogen and oxygen atoms in total. The van der Waals surface area contributed by atoms with Crippen molar-refractivity contribution >= 4 is 11.0 Å². The lowest BCUT2D eigenvalue weighted by Gasteiger charge is -1.94. The molecule has 0 saturated carbocycles. The summed E-state index contributed by atoms with van der Waals surface area (Å²) in [6.45, 7) is 1.74. The van der Waals surface area contributed by atoms with Gasteiger partial charge in [0.05, 0.1) is 5.52 Å². The van der Waals surface area contributed by atoms with Crippen LogP contribution in [-0.4, -0.2) is 9.66 Å². The van der Waals surface area contributed by atoms with Crippen LogP contribution in [0.25, 0.3) is 11.0 Å². The van der Waals surface area contributed by atoms with E-state index in [2.05, 4.69) is 4.98 Å². The van der Waals surface area contributed by atoms with Crippen molar-refractivity contribution in [1.29, 1.82) is 0 Å². The van der Waals surface area contributed by atoms with Crippen molar-refractivity contribution < 1.29 is 4.39 Å². The van der Waals surface area contributed by atoms with E-state index in [-0.39, 0.29) is 5.82 Å². The quantitative estimate of drug-likeness (QED) is 0.596. The third kappa shape index (κ3) is 0.777. The summed E-state index contributed by atoms with van der Waals surface area (Å²) in [5.41, 5.74) is 0.949. The lowest BCUT2D eigenvalue weighted by atomic mass is 10.3. The standard InChI is InChI=1S/C8H8FN3/c1-5-11-8-6(9)3-2-4-7(8)12(5)10/h2-4H,10H2,1H3. The van der Waals surface area contributed by atoms with Gasteiger partial charge in [0.1, 0.15) is 11.3 Å². The molecule has 2 rings (SSSR count). The van der Waals surface area contributed by atoms with Gasteiger partial charge in [-0.3, -0.25) is 0 Å². The smallest absolute Gasteiger partial charge is 0.151 e. The number of nitrogen functional groups attached to an aromatic ring is 1. The van der Waals surface area contributed by atoms with Gasteiger partial charge >= 0.3 is 0 Å². The highest BCUT2D eigenvalue weighted by Gasteiger charge is 2.07. The van der Waals surface area contributed by atoms with Crippen molar-refractivity contribution in [2.24, 2.45) is 0 Å². The monoisotopic (exact) mass is 165 g/mol. The minimum absolute atomic E-state index is 0.331. The van der Waals surface area contributed by atoms with Gasteiger partial charge in [-0.05, 0) is 19.1 Å². The second-order valence-corrected chi connectivity index (χ2v) is 2.64. The van der Waals surface area contributed by atoms with Crippen molar-refractivity contribution in [3.05, 3.63) is 29.8 Å². The predicted molar refractivity (Wildman–Crippen MR) is 44.6 cm³/mol. The zero-order valence-electron chi connectivity index (χ0n) is 6.58. The molecule has 0 bridgehead atoms. The van der Waals surface area contributed by atoms with Gasteiger partial charge in [-0.25, -0.2) is 14.1 Å². The van der Waals surface area contributed by atoms with E-state index >= 15 is 0 Å². The first-order valence-electron chi connectivity index (χ1n) is 3.59. The minimum atomic E-state index is -0.334. The Morgan fingerprint density at radius 1 is 1.50 bits per heavy atom. The Labute approximate surface area is 68.6 Å². The molecule has 4 heteroatoms. The van der Waals surface area contributed by atoms with Gasteiger partial charge in [-0.2, -0.15) is 0 Å². The number of para-hydroxylation sites is 1. The molecule has 1 heterocycles. The minimum Gasteiger partial charge on any atom is -0.337 e. The van der Waals surface area contributed by atoms with Crippen LogP contribution >= 0.6 is 0 Å². The molecule has 0 atom stereocenters. The van der Waals surface area contributed by atoms with Crippen LogP contribution in [0.5, 0.6) is 0 Å². The van der Waals surface area contributed by atoms with Crippen LogP contribution in [0.1, 0.15) is 5.82 Å². The maximum Gasteiger partial charge on any atom is 0.151 e. The number of halogens is 1. The number of fused-ring (bicyclic) bond motifs is 1. The molecule has 12 heavy (non-hydrogen) atoms. The van der Waals surface area contributed by atoms with Crippen LogP contribution in [0.4, 0.5) is 4.39 Å². The van der Waals surface area contributed by atoms with Crippen LogP contribution in [0.2, 0.25) is 0 Å². The van der Waals surface area contributed by atoms with Gasteiger partial charge in [0, 0.05) is 0 Å². The van der Waals surface area contributed by atoms with Crippen molar-refractivity contribution in [3.63, 3.8) is 0 Å². The molecule has 0 radical (unpaired) electrons. The van der Waals surface area contributed by atoms with E-state index in [1.807, 2.05) is 0 Å². The van der Waals surface area contributed by atoms with Crippen LogP contribution in [0.15, 0.2) is 18.2 Å². The third-order valence-corrected chi connectivity index (χ3v) is 1.85. The Kier molecular flexibility index (Phi) is 1.30. The summed E-state index contributed by atoms with van der Waals surface area (Å²) in [6.07, 6.45) is 0. The summed E-state index contributed by atoms with van der Waals surface area (Å²) in [4.78, 5) is 3.98. The molecular formula is C8H8FN3. The molecule has 0 spiro atoms. The molecular weight excluding hydrogens is 157 g/mol. The average Bonchev–Trinajstić information content (AvgIpc) is 2.32. The number of rotatable bonds is 0. The molecule has 0 amide bonds. The second-order valence-electron chi connectivity index (χ2n) is 2.64. The maximum atomic E-state index is 13.0. The summed E-state index contributed by atoms with van der Waals surface area (Å²) in [5, 5.41) is 0. The van der Waals surface area contributed by atoms with Gasteiger partial charge in [0.15, 0.2) is 5.82 Å². The molecule has 0 aliphatic carbocycles. The van der Waals surface area contributed by atoms with E-state index in [0.717, 1.165) is 0 Å². The molecule has 2 N–H and O–H groups in total. The molecule has 0 fully saturated rings. The topological polar surface area (TPSA) is 43.8 Å². The van der Waals surface area contributed by atoms with Gasteiger partial charge in [0.2, 0.25) is 0 Å². The molecule has 0 saturated heterocycles. The van der Waals surface area contributed by atoms with Gasteiger partial charge in [0.25, 0.3) is 0 Å². The van der Waals surface area contributed by atoms with Gasteiger partial charge in [-0.15, -0.1) is 0 Å². The van der Waals surface area contributed by atoms with E-state index in [9.17, 15) is 4.39 Å². The fourth-order valence-corrected chi connectivity index (χ4v) is 1.20. The zero-order chi connectivity index (χ0) is 8.72. The van der Waals surface area contributed by atoms with Crippen molar-refractivity contribution in [2.45, 2.75) is 6.92 Å². The first-order valence-corrected chi connectivity index (χ1v) is 3.59. The molecule has 0 aliphatic rings. The molecule has 0 unspecified atom stereocenters. The lowest BCUT2D eigenvalue weighted by Crippen LogP contribution is -2.09. The number of imidazole rings is 1. The molecule has 1 aromatic heterocycles. The van der Waals surface area contributed by atoms with Crippen molar-refractivity contribution in [3.8, 4) is 0 Å². The molecule has 0 aliphatic heterocycles. The first-order chi connectivity index (χ1) is 5.70. The Morgan fingerprint density at radius 2 is 2.25 bits per heavy atom. The van der Waals surface area contributed by atoms with E-state index in [0.29, 0.717) is 16.9 Å². The second kappa shape index (κ2) is 2.20. The number of aromatic nitrogens is 2. The summed E-state index contributed by atoms with van der Waals surface area (Å²) >= 11 is 0. The summed E-state index contributed by atoms with van der Waals surface area (Å²) < 4.78 is 14.4. The lowest BCUT2D eigenvalue weighted by molar-refractivity contribution is 0.637. The van der Waals surface area contributed by atoms with Crippen LogP contribution in [0, 0.1) is 12.7 Å². The summed E-state index contributed by atoms with van der Waals surface area (Å²) in [5.74, 6) is 5.87. The highest BCUT2D eigenvalue weighted by atomic mass is 19.1. The number of aryl methyl sites for hydroxylation is 1. The van der Waals surface area contributed by atoms with E-state index < -0.39 is 0 Å². The first kappa shape index (κ1) is 7.09. The Balaban J connectivity index is 2.95. The summed E-state index contributed by atoms with van der Waals surface area (Å²) in [6, 6.07) is 4.72. The van der Waals surface area contributed by atoms with Crippen LogP contribution < -0.4 is 5.84 Å². The molecule has 2 aromatic rings. The predicted octanol–water partition coefficient (Wildman–Crippen LogP) is 1.20. The molecule has 1 aromatic carbocycles. The fourth-order valence-electron chi connectivity index (χ4n) is 1.20. The summed E-state index contributed by atoms with van der Waals surface area (Å²) in [7, 11) is 0. The number of nitrogens with zero attached hydrogens (tertiary/aromatic N) is 2. The number of benzene rings is 1. The highest BCUT2D eigenvalue weighted by molar-refractivity contribution is 5.76. The van der Waals surface area contributed by atoms with Crippen molar-refractivity contribution in [2.75, 3.05) is 5.84 Å². The Bertz CT molecular complexity index is 433. The van der Waals surface area contributed by atoms with Gasteiger partial charge in [-0.1, -0.05) is 6.07 Å². The Hall–Kier alpha value is -1.58.